The SMILES string of the molecule is Cc1ccccc1OCC(=O)N(C)Cc1ccc(C(=O)NC2CC2)cc1. The average Bonchev–Trinajstić information content (AvgIpc) is 3.45. The predicted molar refractivity (Wildman–Crippen MR) is 100 cm³/mol. The van der Waals surface area contributed by atoms with Crippen molar-refractivity contribution in [3.8, 4) is 5.75 Å². The third kappa shape index (κ3) is 4.85. The highest BCUT2D eigenvalue weighted by Crippen LogP contribution is 2.19. The minimum Gasteiger partial charge on any atom is -0.484 e. The van der Waals surface area contributed by atoms with Gasteiger partial charge in [0.1, 0.15) is 5.75 Å². The van der Waals surface area contributed by atoms with Gasteiger partial charge in [-0.05, 0) is 49.1 Å². The summed E-state index contributed by atoms with van der Waals surface area (Å²) in [7, 11) is 1.75. The van der Waals surface area contributed by atoms with E-state index >= 15 is 0 Å². The fourth-order valence-corrected chi connectivity index (χ4v) is 2.59. The molecule has 5 nitrogen and oxygen atoms in total. The fourth-order valence-electron chi connectivity index (χ4n) is 2.59. The summed E-state index contributed by atoms with van der Waals surface area (Å²) in [6.07, 6.45) is 2.14. The summed E-state index contributed by atoms with van der Waals surface area (Å²) < 4.78 is 5.61. The van der Waals surface area contributed by atoms with E-state index in [0.29, 0.717) is 18.2 Å². The molecule has 2 aromatic rings. The van der Waals surface area contributed by atoms with Gasteiger partial charge in [-0.15, -0.1) is 0 Å². The van der Waals surface area contributed by atoms with E-state index in [0.717, 1.165) is 29.7 Å². The second kappa shape index (κ2) is 8.04. The highest BCUT2D eigenvalue weighted by atomic mass is 16.5. The summed E-state index contributed by atoms with van der Waals surface area (Å²) in [5.41, 5.74) is 2.63. The van der Waals surface area contributed by atoms with Crippen LogP contribution in [0.3, 0.4) is 0 Å². The van der Waals surface area contributed by atoms with E-state index < -0.39 is 0 Å². The van der Waals surface area contributed by atoms with Crippen LogP contribution in [0, 0.1) is 6.92 Å². The Morgan fingerprint density at radius 1 is 1.12 bits per heavy atom. The Morgan fingerprint density at radius 2 is 1.81 bits per heavy atom. The van der Waals surface area contributed by atoms with E-state index in [-0.39, 0.29) is 18.4 Å². The lowest BCUT2D eigenvalue weighted by Crippen LogP contribution is -2.31. The standard InChI is InChI=1S/C21H24N2O3/c1-15-5-3-4-6-19(15)26-14-20(24)23(2)13-16-7-9-17(10-8-16)21(25)22-18-11-12-18/h3-10,18H,11-14H2,1-2H3,(H,22,25). The summed E-state index contributed by atoms with van der Waals surface area (Å²) in [6.45, 7) is 2.42. The predicted octanol–water partition coefficient (Wildman–Crippen LogP) is 2.92. The molecule has 1 aliphatic carbocycles. The van der Waals surface area contributed by atoms with E-state index in [2.05, 4.69) is 5.32 Å². The molecule has 0 aliphatic heterocycles. The first-order valence-corrected chi connectivity index (χ1v) is 8.85. The fraction of sp³-hybridized carbons (Fsp3) is 0.333. The van der Waals surface area contributed by atoms with Gasteiger partial charge in [-0.2, -0.15) is 0 Å². The van der Waals surface area contributed by atoms with Gasteiger partial charge in [0.2, 0.25) is 0 Å². The van der Waals surface area contributed by atoms with Gasteiger partial charge < -0.3 is 15.0 Å². The van der Waals surface area contributed by atoms with Crippen molar-refractivity contribution in [2.75, 3.05) is 13.7 Å². The number of carbonyl (C=O) groups is 2. The van der Waals surface area contributed by atoms with Gasteiger partial charge in [0.05, 0.1) is 0 Å². The smallest absolute Gasteiger partial charge is 0.260 e. The largest absolute Gasteiger partial charge is 0.484 e. The normalized spacial score (nSPS) is 13.2. The molecule has 0 bridgehead atoms. The van der Waals surface area contributed by atoms with Crippen LogP contribution in [0.1, 0.15) is 34.3 Å². The summed E-state index contributed by atoms with van der Waals surface area (Å²) in [5.74, 6) is 0.596. The second-order valence-electron chi connectivity index (χ2n) is 6.75. The maximum absolute atomic E-state index is 12.3. The maximum atomic E-state index is 12.3. The monoisotopic (exact) mass is 352 g/mol. The third-order valence-corrected chi connectivity index (χ3v) is 4.42. The summed E-state index contributed by atoms with van der Waals surface area (Å²) >= 11 is 0. The molecule has 0 spiro atoms. The van der Waals surface area contributed by atoms with Crippen molar-refractivity contribution in [3.63, 3.8) is 0 Å². The molecule has 0 radical (unpaired) electrons. The minimum atomic E-state index is -0.0937. The molecule has 0 atom stereocenters. The van der Waals surface area contributed by atoms with E-state index in [4.69, 9.17) is 4.74 Å². The molecule has 0 unspecified atom stereocenters. The van der Waals surface area contributed by atoms with Crippen LogP contribution in [-0.2, 0) is 11.3 Å². The number of rotatable bonds is 7. The van der Waals surface area contributed by atoms with Gasteiger partial charge in [0.25, 0.3) is 11.8 Å². The molecule has 1 aliphatic rings. The van der Waals surface area contributed by atoms with E-state index in [1.807, 2.05) is 43.3 Å². The van der Waals surface area contributed by atoms with E-state index in [1.165, 1.54) is 0 Å². The van der Waals surface area contributed by atoms with Gasteiger partial charge in [-0.1, -0.05) is 30.3 Å². The molecule has 1 saturated carbocycles. The van der Waals surface area contributed by atoms with Crippen LogP contribution in [0.15, 0.2) is 48.5 Å². The molecule has 1 fully saturated rings. The molecule has 3 rings (SSSR count). The Labute approximate surface area is 154 Å². The van der Waals surface area contributed by atoms with E-state index in [1.54, 1.807) is 24.1 Å². The second-order valence-corrected chi connectivity index (χ2v) is 6.75. The van der Waals surface area contributed by atoms with Gasteiger partial charge in [0, 0.05) is 25.2 Å². The van der Waals surface area contributed by atoms with Crippen LogP contribution in [0.25, 0.3) is 0 Å². The number of nitrogens with one attached hydrogen (secondary N) is 1. The molecule has 0 saturated heterocycles. The molecular formula is C21H24N2O3. The molecule has 26 heavy (non-hydrogen) atoms. The summed E-state index contributed by atoms with van der Waals surface area (Å²) in [6, 6.07) is 15.3. The number of carbonyl (C=O) groups excluding carboxylic acids is 2. The van der Waals surface area contributed by atoms with Gasteiger partial charge in [0.15, 0.2) is 6.61 Å². The highest BCUT2D eigenvalue weighted by Gasteiger charge is 2.23. The first-order chi connectivity index (χ1) is 12.5. The van der Waals surface area contributed by atoms with Crippen molar-refractivity contribution in [3.05, 3.63) is 65.2 Å². The number of ether oxygens (including phenoxy) is 1. The number of nitrogens with zero attached hydrogens (tertiary/aromatic N) is 1. The Hall–Kier alpha value is -2.82. The van der Waals surface area contributed by atoms with Crippen LogP contribution in [0.5, 0.6) is 5.75 Å². The Bertz CT molecular complexity index is 782. The number of amides is 2. The number of aryl methyl sites for hydroxylation is 1. The van der Waals surface area contributed by atoms with Crippen molar-refractivity contribution < 1.29 is 14.3 Å². The molecule has 2 aromatic carbocycles. The molecule has 2 amide bonds. The van der Waals surface area contributed by atoms with Crippen molar-refractivity contribution in [1.82, 2.24) is 10.2 Å². The molecule has 0 aromatic heterocycles. The zero-order valence-electron chi connectivity index (χ0n) is 15.2. The van der Waals surface area contributed by atoms with Crippen LogP contribution in [-0.4, -0.2) is 36.4 Å². The quantitative estimate of drug-likeness (QED) is 0.833. The first kappa shape index (κ1) is 18.0. The first-order valence-electron chi connectivity index (χ1n) is 8.85. The van der Waals surface area contributed by atoms with Crippen LogP contribution in [0.4, 0.5) is 0 Å². The average molecular weight is 352 g/mol. The third-order valence-electron chi connectivity index (χ3n) is 4.42. The van der Waals surface area contributed by atoms with Gasteiger partial charge in [-0.3, -0.25) is 9.59 Å². The summed E-state index contributed by atoms with van der Waals surface area (Å²) in [4.78, 5) is 25.9. The van der Waals surface area contributed by atoms with Crippen LogP contribution in [0.2, 0.25) is 0 Å². The van der Waals surface area contributed by atoms with Crippen molar-refractivity contribution in [2.45, 2.75) is 32.4 Å². The van der Waals surface area contributed by atoms with Crippen molar-refractivity contribution >= 4 is 11.8 Å². The number of likely N-dealkylation sites (N-methyl/N-ethyl adjacent to an activating group) is 1. The lowest BCUT2D eigenvalue weighted by molar-refractivity contribution is -0.132. The van der Waals surface area contributed by atoms with Gasteiger partial charge >= 0.3 is 0 Å². The van der Waals surface area contributed by atoms with Crippen LogP contribution < -0.4 is 10.1 Å². The number of benzene rings is 2. The Kier molecular flexibility index (Phi) is 5.56. The molecule has 0 heterocycles. The minimum absolute atomic E-state index is 0.00321. The Balaban J connectivity index is 1.50. The zero-order chi connectivity index (χ0) is 18.5. The van der Waals surface area contributed by atoms with Crippen LogP contribution >= 0.6 is 0 Å². The van der Waals surface area contributed by atoms with Gasteiger partial charge in [-0.25, -0.2) is 0 Å². The zero-order valence-corrected chi connectivity index (χ0v) is 15.2. The molecule has 136 valence electrons. The lowest BCUT2D eigenvalue weighted by Gasteiger charge is -2.18. The van der Waals surface area contributed by atoms with E-state index in [9.17, 15) is 9.59 Å². The highest BCUT2D eigenvalue weighted by molar-refractivity contribution is 5.94. The number of para-hydroxylation sites is 1. The Morgan fingerprint density at radius 3 is 2.46 bits per heavy atom. The molecule has 1 N–H and O–H groups in total. The molecule has 5 heteroatoms. The van der Waals surface area contributed by atoms with Crippen molar-refractivity contribution in [2.24, 2.45) is 0 Å². The number of hydrogen-bond acceptors (Lipinski definition) is 3. The maximum Gasteiger partial charge on any atom is 0.260 e. The summed E-state index contributed by atoms with van der Waals surface area (Å²) in [5, 5.41) is 2.97. The lowest BCUT2D eigenvalue weighted by atomic mass is 10.1. The molecular weight excluding hydrogens is 328 g/mol. The topological polar surface area (TPSA) is 58.6 Å². The van der Waals surface area contributed by atoms with Crippen molar-refractivity contribution in [1.29, 1.82) is 0 Å². The number of hydrogen-bond donors (Lipinski definition) is 1.